The number of benzene rings is 2. The van der Waals surface area contributed by atoms with E-state index in [4.69, 9.17) is 31.5 Å². The number of pyridine rings is 1. The molecule has 2 heterocycles. The quantitative estimate of drug-likeness (QED) is 0.353. The van der Waals surface area contributed by atoms with Gasteiger partial charge in [0.15, 0.2) is 0 Å². The van der Waals surface area contributed by atoms with E-state index in [0.29, 0.717) is 17.9 Å². The Bertz CT molecular complexity index is 1380. The predicted molar refractivity (Wildman–Crippen MR) is 141 cm³/mol. The molecule has 2 aromatic carbocycles. The fraction of sp³-hybridized carbons (Fsp3) is 0.333. The second-order valence-electron chi connectivity index (χ2n) is 8.16. The van der Waals surface area contributed by atoms with Gasteiger partial charge in [0, 0.05) is 36.2 Å². The number of carboxylic acids is 1. The Labute approximate surface area is 228 Å². The van der Waals surface area contributed by atoms with Gasteiger partial charge in [-0.05, 0) is 67.7 Å². The Balaban J connectivity index is 0.000000389. The van der Waals surface area contributed by atoms with Crippen LogP contribution in [0.25, 0.3) is 0 Å². The molecule has 1 aliphatic rings. The molecule has 1 atom stereocenters. The second-order valence-corrected chi connectivity index (χ2v) is 10.0. The smallest absolute Gasteiger partial charge is 0.303 e. The molecule has 1 aliphatic heterocycles. The van der Waals surface area contributed by atoms with Crippen molar-refractivity contribution in [3.63, 3.8) is 0 Å². The number of carbonyl (C=O) groups is 1. The molecule has 0 saturated carbocycles. The molecule has 4 rings (SSSR count). The lowest BCUT2D eigenvalue weighted by molar-refractivity contribution is -0.137. The van der Waals surface area contributed by atoms with Gasteiger partial charge in [0.1, 0.15) is 6.10 Å². The van der Waals surface area contributed by atoms with Crippen LogP contribution in [0, 0.1) is 0 Å². The fourth-order valence-electron chi connectivity index (χ4n) is 3.60. The van der Waals surface area contributed by atoms with Crippen LogP contribution < -0.4 is 0 Å². The van der Waals surface area contributed by atoms with E-state index >= 15 is 0 Å². The van der Waals surface area contributed by atoms with E-state index in [2.05, 4.69) is 4.98 Å². The molecule has 3 aromatic rings. The Kier molecular flexibility index (Phi) is 8.95. The Morgan fingerprint density at radius 2 is 1.73 bits per heavy atom. The summed E-state index contributed by atoms with van der Waals surface area (Å²) in [6.45, 7) is -1.88. The third-order valence-electron chi connectivity index (χ3n) is 5.42. The third-order valence-corrected chi connectivity index (χ3v) is 6.54. The number of halogens is 1. The molecule has 2 N–H and O–H groups in total. The molecule has 0 unspecified atom stereocenters. The lowest BCUT2D eigenvalue weighted by Crippen LogP contribution is -2.38. The minimum Gasteiger partial charge on any atom is -0.481 e. The van der Waals surface area contributed by atoms with Crippen molar-refractivity contribution >= 4 is 27.7 Å². The zero-order valence-electron chi connectivity index (χ0n) is 23.9. The van der Waals surface area contributed by atoms with Crippen LogP contribution in [-0.4, -0.2) is 59.6 Å². The molecular weight excluding hydrogens is 516 g/mol. The summed E-state index contributed by atoms with van der Waals surface area (Å²) in [5, 5.41) is 9.55. The Morgan fingerprint density at radius 3 is 2.27 bits per heavy atom. The highest BCUT2D eigenvalue weighted by Gasteiger charge is 2.25. The molecule has 0 bridgehead atoms. The first-order valence-corrected chi connectivity index (χ1v) is 13.3. The normalized spacial score (nSPS) is 17.8. The molecule has 0 aliphatic carbocycles. The average molecular weight is 551 g/mol. The molecule has 1 fully saturated rings. The first kappa shape index (κ1) is 23.3. The van der Waals surface area contributed by atoms with E-state index < -0.39 is 41.5 Å². The maximum atomic E-state index is 10.9. The third kappa shape index (κ3) is 9.87. The molecule has 0 radical (unpaired) electrons. The molecule has 198 valence electrons. The number of hydrogen-bond donors (Lipinski definition) is 2. The van der Waals surface area contributed by atoms with E-state index in [-0.39, 0.29) is 24.1 Å². The molecular formula is C27H31ClN2O6S. The summed E-state index contributed by atoms with van der Waals surface area (Å²) < 4.78 is 67.9. The van der Waals surface area contributed by atoms with E-state index in [0.717, 1.165) is 11.3 Å². The zero-order valence-corrected chi connectivity index (χ0v) is 21.5. The summed E-state index contributed by atoms with van der Waals surface area (Å²) in [4.78, 5) is 16.7. The SMILES string of the molecule is O=S(=O)(O)c1ccccc1.[2H]C([2H])(CC(=O)O)C([2H])([2H])N1CCC(O[C@@H](c2ccc(Cl)cc2)c2ccccn2)CC1. The van der Waals surface area contributed by atoms with Gasteiger partial charge in [0.25, 0.3) is 10.1 Å². The number of piperidine rings is 1. The van der Waals surface area contributed by atoms with E-state index in [9.17, 15) is 13.2 Å². The van der Waals surface area contributed by atoms with E-state index in [1.54, 1.807) is 36.5 Å². The van der Waals surface area contributed by atoms with Crippen molar-refractivity contribution in [1.82, 2.24) is 9.88 Å². The van der Waals surface area contributed by atoms with Crippen LogP contribution in [0.2, 0.25) is 5.02 Å². The van der Waals surface area contributed by atoms with Crippen molar-refractivity contribution in [2.75, 3.05) is 19.6 Å². The van der Waals surface area contributed by atoms with Gasteiger partial charge in [-0.1, -0.05) is 48.0 Å². The van der Waals surface area contributed by atoms with Gasteiger partial charge in [0.05, 0.1) is 16.7 Å². The molecule has 1 aromatic heterocycles. The molecule has 10 heteroatoms. The van der Waals surface area contributed by atoms with Gasteiger partial charge < -0.3 is 14.7 Å². The first-order valence-electron chi connectivity index (χ1n) is 13.5. The highest BCUT2D eigenvalue weighted by atomic mass is 35.5. The minimum absolute atomic E-state index is 0.0741. The molecule has 8 nitrogen and oxygen atoms in total. The summed E-state index contributed by atoms with van der Waals surface area (Å²) in [7, 11) is -4.00. The zero-order chi connectivity index (χ0) is 30.3. The van der Waals surface area contributed by atoms with Crippen LogP contribution in [0.3, 0.4) is 0 Å². The van der Waals surface area contributed by atoms with Crippen LogP contribution in [0.5, 0.6) is 0 Å². The van der Waals surface area contributed by atoms with Crippen molar-refractivity contribution in [2.24, 2.45) is 0 Å². The fourth-order valence-corrected chi connectivity index (χ4v) is 4.23. The Hall–Kier alpha value is -2.82. The van der Waals surface area contributed by atoms with Gasteiger partial charge >= 0.3 is 5.97 Å². The predicted octanol–water partition coefficient (Wildman–Crippen LogP) is 5.10. The number of carboxylic acid groups (broad SMARTS) is 1. The van der Waals surface area contributed by atoms with Crippen LogP contribution in [-0.2, 0) is 19.6 Å². The largest absolute Gasteiger partial charge is 0.481 e. The van der Waals surface area contributed by atoms with E-state index in [1.165, 1.54) is 17.0 Å². The summed E-state index contributed by atoms with van der Waals surface area (Å²) >= 11 is 6.02. The second kappa shape index (κ2) is 14.2. The molecule has 1 saturated heterocycles. The number of aromatic nitrogens is 1. The highest BCUT2D eigenvalue weighted by Crippen LogP contribution is 2.29. The number of hydrogen-bond acceptors (Lipinski definition) is 6. The van der Waals surface area contributed by atoms with Crippen molar-refractivity contribution in [2.45, 2.75) is 42.7 Å². The minimum atomic E-state index is -4.00. The average Bonchev–Trinajstić information content (AvgIpc) is 2.93. The number of nitrogens with zero attached hydrogens (tertiary/aromatic N) is 2. The van der Waals surface area contributed by atoms with Crippen molar-refractivity contribution < 1.29 is 33.1 Å². The summed E-state index contributed by atoms with van der Waals surface area (Å²) in [5.74, 6) is -1.37. The van der Waals surface area contributed by atoms with Crippen molar-refractivity contribution in [3.8, 4) is 0 Å². The number of likely N-dealkylation sites (tertiary alicyclic amines) is 1. The summed E-state index contributed by atoms with van der Waals surface area (Å²) in [6.07, 6.45) is -1.32. The van der Waals surface area contributed by atoms with Crippen LogP contribution in [0.1, 0.15) is 48.5 Å². The van der Waals surface area contributed by atoms with Crippen LogP contribution in [0.4, 0.5) is 0 Å². The summed E-state index contributed by atoms with van der Waals surface area (Å²) in [6, 6.07) is 20.4. The standard InChI is InChI=1S/C21H25ClN2O3.C6H6O3S/c22-17-8-6-16(7-9-17)21(19-4-1-2-12-23-19)27-18-10-14-24(15-11-18)13-3-5-20(25)26;7-10(8,9)6-4-2-1-3-5-6/h1-2,4,6-9,12,18,21H,3,5,10-11,13-15H2,(H,25,26);1-5H,(H,7,8,9)/t21-;/m0./s1/i3D2,13D2;. The van der Waals surface area contributed by atoms with Gasteiger partial charge in [-0.15, -0.1) is 0 Å². The molecule has 0 amide bonds. The van der Waals surface area contributed by atoms with Crippen molar-refractivity contribution in [1.29, 1.82) is 0 Å². The van der Waals surface area contributed by atoms with Gasteiger partial charge in [-0.3, -0.25) is 14.3 Å². The van der Waals surface area contributed by atoms with Crippen LogP contribution in [0.15, 0.2) is 83.9 Å². The molecule has 0 spiro atoms. The number of ether oxygens (including phenoxy) is 1. The number of rotatable bonds is 9. The topological polar surface area (TPSA) is 117 Å². The monoisotopic (exact) mass is 550 g/mol. The number of aliphatic carboxylic acids is 1. The van der Waals surface area contributed by atoms with E-state index in [1.807, 2.05) is 30.3 Å². The van der Waals surface area contributed by atoms with Crippen molar-refractivity contribution in [3.05, 3.63) is 95.3 Å². The highest BCUT2D eigenvalue weighted by molar-refractivity contribution is 7.85. The first-order chi connectivity index (χ1) is 19.2. The Morgan fingerprint density at radius 1 is 1.08 bits per heavy atom. The maximum Gasteiger partial charge on any atom is 0.303 e. The lowest BCUT2D eigenvalue weighted by Gasteiger charge is -2.34. The maximum absolute atomic E-state index is 10.9. The van der Waals surface area contributed by atoms with Gasteiger partial charge in [-0.25, -0.2) is 0 Å². The molecule has 37 heavy (non-hydrogen) atoms. The lowest BCUT2D eigenvalue weighted by atomic mass is 10.0. The van der Waals surface area contributed by atoms with Crippen LogP contribution >= 0.6 is 11.6 Å². The van der Waals surface area contributed by atoms with Gasteiger partial charge in [-0.2, -0.15) is 8.42 Å². The summed E-state index contributed by atoms with van der Waals surface area (Å²) in [5.41, 5.74) is 1.65. The van der Waals surface area contributed by atoms with Gasteiger partial charge in [0.2, 0.25) is 0 Å².